The lowest BCUT2D eigenvalue weighted by Crippen LogP contribution is -2.20. The Morgan fingerprint density at radius 3 is 2.00 bits per heavy atom. The molecule has 0 aromatic heterocycles. The Morgan fingerprint density at radius 2 is 1.38 bits per heavy atom. The van der Waals surface area contributed by atoms with Crippen molar-refractivity contribution in [3.05, 3.63) is 0 Å². The molecule has 0 radical (unpaired) electrons. The molecular weight excluding hydrogens is 300 g/mol. The van der Waals surface area contributed by atoms with Crippen molar-refractivity contribution in [2.75, 3.05) is 13.2 Å². The molecule has 1 rings (SSSR count). The molecule has 0 heterocycles. The number of rotatable bonds is 15. The molecule has 0 spiro atoms. The number of hydrogen-bond donors (Lipinski definition) is 0. The van der Waals surface area contributed by atoms with E-state index in [0.717, 1.165) is 12.8 Å². The van der Waals surface area contributed by atoms with E-state index >= 15 is 0 Å². The molecule has 0 amide bonds. The van der Waals surface area contributed by atoms with Crippen LogP contribution in [0.2, 0.25) is 0 Å². The minimum atomic E-state index is -0.0539. The molecule has 0 aromatic carbocycles. The predicted molar refractivity (Wildman–Crippen MR) is 100 cm³/mol. The number of unbranched alkanes of at least 4 members (excludes halogenated alkanes) is 9. The molecule has 0 aromatic rings. The SMILES string of the molecule is CCCCCCCCCCCCC(=O)OCCOC1CCCCC1. The first-order valence-electron chi connectivity index (χ1n) is 10.6. The summed E-state index contributed by atoms with van der Waals surface area (Å²) < 4.78 is 11.0. The average Bonchev–Trinajstić information content (AvgIpc) is 2.61. The molecule has 1 saturated carbocycles. The highest BCUT2D eigenvalue weighted by atomic mass is 16.6. The lowest BCUT2D eigenvalue weighted by Gasteiger charge is -2.21. The Balaban J connectivity index is 1.78. The van der Waals surface area contributed by atoms with Gasteiger partial charge in [0.05, 0.1) is 12.7 Å². The van der Waals surface area contributed by atoms with Gasteiger partial charge in [0.2, 0.25) is 0 Å². The normalized spacial score (nSPS) is 15.5. The summed E-state index contributed by atoms with van der Waals surface area (Å²) in [5.74, 6) is -0.0539. The molecular formula is C21H40O3. The van der Waals surface area contributed by atoms with E-state index in [-0.39, 0.29) is 5.97 Å². The zero-order valence-electron chi connectivity index (χ0n) is 16.0. The highest BCUT2D eigenvalue weighted by Gasteiger charge is 2.13. The summed E-state index contributed by atoms with van der Waals surface area (Å²) in [4.78, 5) is 11.7. The molecule has 0 saturated heterocycles. The van der Waals surface area contributed by atoms with Crippen molar-refractivity contribution < 1.29 is 14.3 Å². The Kier molecular flexibility index (Phi) is 14.3. The fourth-order valence-corrected chi connectivity index (χ4v) is 3.43. The fourth-order valence-electron chi connectivity index (χ4n) is 3.43. The van der Waals surface area contributed by atoms with Crippen LogP contribution in [-0.2, 0) is 14.3 Å². The summed E-state index contributed by atoms with van der Waals surface area (Å²) in [6.07, 6.45) is 20.1. The first kappa shape index (κ1) is 21.5. The van der Waals surface area contributed by atoms with Crippen molar-refractivity contribution in [3.8, 4) is 0 Å². The van der Waals surface area contributed by atoms with Crippen molar-refractivity contribution in [2.45, 2.75) is 116 Å². The number of carbonyl (C=O) groups excluding carboxylic acids is 1. The Labute approximate surface area is 149 Å². The molecule has 142 valence electrons. The van der Waals surface area contributed by atoms with Gasteiger partial charge in [-0.1, -0.05) is 84.0 Å². The summed E-state index contributed by atoms with van der Waals surface area (Å²) >= 11 is 0. The zero-order valence-corrected chi connectivity index (χ0v) is 16.0. The van der Waals surface area contributed by atoms with Gasteiger partial charge in [0.25, 0.3) is 0 Å². The number of carbonyl (C=O) groups is 1. The second-order valence-corrected chi connectivity index (χ2v) is 7.28. The van der Waals surface area contributed by atoms with Gasteiger partial charge < -0.3 is 9.47 Å². The third kappa shape index (κ3) is 12.8. The topological polar surface area (TPSA) is 35.5 Å². The van der Waals surface area contributed by atoms with Crippen LogP contribution in [0.1, 0.15) is 110 Å². The average molecular weight is 341 g/mol. The number of esters is 1. The predicted octanol–water partition coefficient (Wildman–Crippen LogP) is 6.19. The third-order valence-corrected chi connectivity index (χ3v) is 4.99. The zero-order chi connectivity index (χ0) is 17.3. The van der Waals surface area contributed by atoms with E-state index < -0.39 is 0 Å². The molecule has 24 heavy (non-hydrogen) atoms. The molecule has 0 atom stereocenters. The van der Waals surface area contributed by atoms with E-state index in [1.165, 1.54) is 83.5 Å². The van der Waals surface area contributed by atoms with Gasteiger partial charge in [0.1, 0.15) is 6.61 Å². The van der Waals surface area contributed by atoms with Crippen LogP contribution in [0.5, 0.6) is 0 Å². The van der Waals surface area contributed by atoms with Crippen LogP contribution in [0.25, 0.3) is 0 Å². The third-order valence-electron chi connectivity index (χ3n) is 4.99. The van der Waals surface area contributed by atoms with Crippen LogP contribution in [0.15, 0.2) is 0 Å². The molecule has 0 N–H and O–H groups in total. The van der Waals surface area contributed by atoms with Gasteiger partial charge in [0.15, 0.2) is 0 Å². The molecule has 0 aliphatic heterocycles. The highest BCUT2D eigenvalue weighted by molar-refractivity contribution is 5.69. The van der Waals surface area contributed by atoms with E-state index in [4.69, 9.17) is 9.47 Å². The summed E-state index contributed by atoms with van der Waals surface area (Å²) in [6.45, 7) is 3.25. The lowest BCUT2D eigenvalue weighted by molar-refractivity contribution is -0.146. The second-order valence-electron chi connectivity index (χ2n) is 7.28. The van der Waals surface area contributed by atoms with Crippen molar-refractivity contribution in [2.24, 2.45) is 0 Å². The molecule has 3 heteroatoms. The van der Waals surface area contributed by atoms with E-state index in [1.807, 2.05) is 0 Å². The van der Waals surface area contributed by atoms with E-state index in [0.29, 0.717) is 25.7 Å². The van der Waals surface area contributed by atoms with Gasteiger partial charge in [-0.15, -0.1) is 0 Å². The van der Waals surface area contributed by atoms with Crippen LogP contribution in [-0.4, -0.2) is 25.3 Å². The number of ether oxygens (including phenoxy) is 2. The van der Waals surface area contributed by atoms with Crippen LogP contribution in [0, 0.1) is 0 Å². The van der Waals surface area contributed by atoms with Crippen LogP contribution in [0.4, 0.5) is 0 Å². The van der Waals surface area contributed by atoms with Gasteiger partial charge in [0, 0.05) is 6.42 Å². The Bertz CT molecular complexity index is 285. The van der Waals surface area contributed by atoms with Crippen LogP contribution < -0.4 is 0 Å². The standard InChI is InChI=1S/C21H40O3/c1-2-3-4-5-6-7-8-9-10-14-17-21(22)24-19-18-23-20-15-12-11-13-16-20/h20H,2-19H2,1H3. The molecule has 1 aliphatic carbocycles. The maximum atomic E-state index is 11.7. The van der Waals surface area contributed by atoms with Gasteiger partial charge >= 0.3 is 5.97 Å². The Hall–Kier alpha value is -0.570. The van der Waals surface area contributed by atoms with Crippen LogP contribution >= 0.6 is 0 Å². The van der Waals surface area contributed by atoms with Crippen molar-refractivity contribution in [1.82, 2.24) is 0 Å². The van der Waals surface area contributed by atoms with E-state index in [1.54, 1.807) is 0 Å². The summed E-state index contributed by atoms with van der Waals surface area (Å²) in [7, 11) is 0. The van der Waals surface area contributed by atoms with Crippen LogP contribution in [0.3, 0.4) is 0 Å². The monoisotopic (exact) mass is 340 g/mol. The molecule has 3 nitrogen and oxygen atoms in total. The maximum absolute atomic E-state index is 11.7. The maximum Gasteiger partial charge on any atom is 0.305 e. The van der Waals surface area contributed by atoms with E-state index in [9.17, 15) is 4.79 Å². The minimum Gasteiger partial charge on any atom is -0.463 e. The quantitative estimate of drug-likeness (QED) is 0.263. The summed E-state index contributed by atoms with van der Waals surface area (Å²) in [5.41, 5.74) is 0. The van der Waals surface area contributed by atoms with Gasteiger partial charge in [-0.2, -0.15) is 0 Å². The first-order valence-corrected chi connectivity index (χ1v) is 10.6. The molecule has 0 bridgehead atoms. The molecule has 0 unspecified atom stereocenters. The lowest BCUT2D eigenvalue weighted by atomic mass is 9.98. The highest BCUT2D eigenvalue weighted by Crippen LogP contribution is 2.20. The molecule has 1 aliphatic rings. The van der Waals surface area contributed by atoms with Gasteiger partial charge in [-0.05, 0) is 19.3 Å². The Morgan fingerprint density at radius 1 is 0.792 bits per heavy atom. The van der Waals surface area contributed by atoms with Gasteiger partial charge in [-0.25, -0.2) is 0 Å². The smallest absolute Gasteiger partial charge is 0.305 e. The van der Waals surface area contributed by atoms with Crippen molar-refractivity contribution >= 4 is 5.97 Å². The largest absolute Gasteiger partial charge is 0.463 e. The second kappa shape index (κ2) is 15.9. The first-order chi connectivity index (χ1) is 11.8. The van der Waals surface area contributed by atoms with Gasteiger partial charge in [-0.3, -0.25) is 4.79 Å². The summed E-state index contributed by atoms with van der Waals surface area (Å²) in [6, 6.07) is 0. The molecule has 1 fully saturated rings. The van der Waals surface area contributed by atoms with E-state index in [2.05, 4.69) is 6.92 Å². The summed E-state index contributed by atoms with van der Waals surface area (Å²) in [5, 5.41) is 0. The van der Waals surface area contributed by atoms with Crippen molar-refractivity contribution in [1.29, 1.82) is 0 Å². The van der Waals surface area contributed by atoms with Crippen molar-refractivity contribution in [3.63, 3.8) is 0 Å². The minimum absolute atomic E-state index is 0.0539. The number of hydrogen-bond acceptors (Lipinski definition) is 3. The fraction of sp³-hybridized carbons (Fsp3) is 0.952.